The van der Waals surface area contributed by atoms with Crippen LogP contribution >= 0.6 is 34.4 Å². The maximum atomic E-state index is 12.9. The molecule has 2 heterocycles. The molecule has 0 radical (unpaired) electrons. The predicted octanol–water partition coefficient (Wildman–Crippen LogP) is 6.52. The molecule has 31 heavy (non-hydrogen) atoms. The summed E-state index contributed by atoms with van der Waals surface area (Å²) < 4.78 is -0.176. The van der Waals surface area contributed by atoms with E-state index in [1.54, 1.807) is 25.2 Å². The summed E-state index contributed by atoms with van der Waals surface area (Å²) in [7, 11) is 0. The number of thiophene rings is 1. The maximum Gasteiger partial charge on any atom is 0.322 e. The molecule has 6 nitrogen and oxygen atoms in total. The van der Waals surface area contributed by atoms with E-state index in [9.17, 15) is 14.7 Å². The summed E-state index contributed by atoms with van der Waals surface area (Å²) in [4.78, 5) is 31.8. The van der Waals surface area contributed by atoms with Crippen molar-refractivity contribution in [2.24, 2.45) is 0 Å². The second-order valence-corrected chi connectivity index (χ2v) is 12.0. The monoisotopic (exact) mass is 483 g/mol. The highest BCUT2D eigenvalue weighted by atomic mass is 32.2. The zero-order chi connectivity index (χ0) is 22.9. The third-order valence-corrected chi connectivity index (χ3v) is 7.90. The molecule has 0 spiro atoms. The van der Waals surface area contributed by atoms with Gasteiger partial charge in [-0.2, -0.15) is 0 Å². The molecule has 2 aromatic heterocycles. The number of nitrogens with one attached hydrogen (secondary N) is 1. The van der Waals surface area contributed by atoms with Crippen molar-refractivity contribution in [1.82, 2.24) is 9.88 Å². The standard InChI is InChI=1S/C22H33N3O3S3/c1-5-6-7-8-9-13-25(20(28)24-18-11-10-16(2)30-18)14-12-17-15-29-21(23-17)31-22(3,4)19(26)27/h10-11,15H,5-9,12-14H2,1-4H3,(H,24,28)(H,26,27). The van der Waals surface area contributed by atoms with Gasteiger partial charge in [0.25, 0.3) is 0 Å². The van der Waals surface area contributed by atoms with Gasteiger partial charge in [0.2, 0.25) is 0 Å². The number of carbonyl (C=O) groups excluding carboxylic acids is 1. The minimum atomic E-state index is -0.918. The second-order valence-electron chi connectivity index (χ2n) is 8.01. The highest BCUT2D eigenvalue weighted by Gasteiger charge is 2.29. The van der Waals surface area contributed by atoms with E-state index in [1.165, 1.54) is 47.2 Å². The van der Waals surface area contributed by atoms with Crippen LogP contribution in [0.1, 0.15) is 63.4 Å². The van der Waals surface area contributed by atoms with E-state index < -0.39 is 10.7 Å². The van der Waals surface area contributed by atoms with Crippen LogP contribution in [0.25, 0.3) is 0 Å². The van der Waals surface area contributed by atoms with Crippen molar-refractivity contribution in [3.8, 4) is 0 Å². The Kier molecular flexibility index (Phi) is 10.3. The van der Waals surface area contributed by atoms with Crippen LogP contribution in [-0.2, 0) is 11.2 Å². The molecule has 2 rings (SSSR count). The van der Waals surface area contributed by atoms with E-state index in [0.717, 1.165) is 34.4 Å². The first kappa shape index (κ1) is 25.7. The summed E-state index contributed by atoms with van der Waals surface area (Å²) in [6.07, 6.45) is 6.38. The van der Waals surface area contributed by atoms with Crippen LogP contribution in [-0.4, -0.2) is 44.8 Å². The first-order valence-electron chi connectivity index (χ1n) is 10.7. The average molecular weight is 484 g/mol. The first-order chi connectivity index (χ1) is 14.7. The molecular formula is C22H33N3O3S3. The number of amides is 2. The summed E-state index contributed by atoms with van der Waals surface area (Å²) in [5, 5.41) is 15.2. The molecule has 9 heteroatoms. The fourth-order valence-corrected chi connectivity index (χ4v) is 5.85. The first-order valence-corrected chi connectivity index (χ1v) is 13.2. The van der Waals surface area contributed by atoms with Crippen LogP contribution < -0.4 is 5.32 Å². The fourth-order valence-electron chi connectivity index (χ4n) is 2.87. The molecule has 0 saturated heterocycles. The molecule has 0 fully saturated rings. The number of urea groups is 1. The van der Waals surface area contributed by atoms with Crippen LogP contribution in [0.15, 0.2) is 21.9 Å². The van der Waals surface area contributed by atoms with Crippen LogP contribution in [0.5, 0.6) is 0 Å². The number of carboxylic acids is 1. The molecule has 0 bridgehead atoms. The van der Waals surface area contributed by atoms with E-state index in [0.29, 0.717) is 13.0 Å². The Morgan fingerprint density at radius 1 is 1.19 bits per heavy atom. The molecular weight excluding hydrogens is 450 g/mol. The van der Waals surface area contributed by atoms with Crippen LogP contribution in [0.3, 0.4) is 0 Å². The number of carbonyl (C=O) groups is 2. The number of thioether (sulfide) groups is 1. The van der Waals surface area contributed by atoms with Gasteiger partial charge in [-0.05, 0) is 39.3 Å². The highest BCUT2D eigenvalue weighted by molar-refractivity contribution is 8.03. The normalized spacial score (nSPS) is 11.5. The number of aromatic nitrogens is 1. The van der Waals surface area contributed by atoms with Gasteiger partial charge >= 0.3 is 12.0 Å². The number of unbranched alkanes of at least 4 members (excludes halogenated alkanes) is 4. The molecule has 172 valence electrons. The van der Waals surface area contributed by atoms with Crippen LogP contribution in [0, 0.1) is 6.92 Å². The summed E-state index contributed by atoms with van der Waals surface area (Å²) in [5.41, 5.74) is 0.893. The number of rotatable bonds is 13. The Labute approximate surface area is 197 Å². The molecule has 0 aromatic carbocycles. The Morgan fingerprint density at radius 2 is 1.94 bits per heavy atom. The number of aryl methyl sites for hydroxylation is 1. The van der Waals surface area contributed by atoms with Gasteiger partial charge < -0.3 is 10.0 Å². The van der Waals surface area contributed by atoms with Gasteiger partial charge in [-0.15, -0.1) is 22.7 Å². The lowest BCUT2D eigenvalue weighted by Gasteiger charge is -2.22. The third kappa shape index (κ3) is 8.82. The lowest BCUT2D eigenvalue weighted by Crippen LogP contribution is -2.37. The minimum Gasteiger partial charge on any atom is -0.480 e. The molecule has 2 amide bonds. The molecule has 0 aliphatic rings. The zero-order valence-electron chi connectivity index (χ0n) is 18.8. The average Bonchev–Trinajstić information content (AvgIpc) is 3.31. The lowest BCUT2D eigenvalue weighted by atomic mass is 10.1. The number of carboxylic acid groups (broad SMARTS) is 1. The quantitative estimate of drug-likeness (QED) is 0.250. The van der Waals surface area contributed by atoms with E-state index in [2.05, 4.69) is 17.2 Å². The predicted molar refractivity (Wildman–Crippen MR) is 132 cm³/mol. The highest BCUT2D eigenvalue weighted by Crippen LogP contribution is 2.34. The van der Waals surface area contributed by atoms with E-state index >= 15 is 0 Å². The van der Waals surface area contributed by atoms with Crippen LogP contribution in [0.2, 0.25) is 0 Å². The van der Waals surface area contributed by atoms with Gasteiger partial charge in [-0.3, -0.25) is 10.1 Å². The Bertz CT molecular complexity index is 848. The number of hydrogen-bond donors (Lipinski definition) is 2. The van der Waals surface area contributed by atoms with Crippen molar-refractivity contribution in [1.29, 1.82) is 0 Å². The van der Waals surface area contributed by atoms with Crippen molar-refractivity contribution >= 4 is 51.4 Å². The number of thiazole rings is 1. The van der Waals surface area contributed by atoms with Crippen molar-refractivity contribution in [3.63, 3.8) is 0 Å². The molecule has 0 aliphatic carbocycles. The summed E-state index contributed by atoms with van der Waals surface area (Å²) in [6, 6.07) is 3.86. The van der Waals surface area contributed by atoms with Gasteiger partial charge in [0.1, 0.15) is 4.75 Å². The maximum absolute atomic E-state index is 12.9. The third-order valence-electron chi connectivity index (χ3n) is 4.82. The summed E-state index contributed by atoms with van der Waals surface area (Å²) in [5.74, 6) is -0.857. The number of nitrogens with zero attached hydrogens (tertiary/aromatic N) is 2. The van der Waals surface area contributed by atoms with Gasteiger partial charge in [-0.1, -0.05) is 44.4 Å². The minimum absolute atomic E-state index is 0.0748. The fraction of sp³-hybridized carbons (Fsp3) is 0.591. The molecule has 2 aromatic rings. The SMILES string of the molecule is CCCCCCCN(CCc1csc(SC(C)(C)C(=O)O)n1)C(=O)Nc1ccc(C)s1. The Morgan fingerprint density at radius 3 is 2.58 bits per heavy atom. The van der Waals surface area contributed by atoms with Crippen molar-refractivity contribution in [3.05, 3.63) is 28.1 Å². The molecule has 0 atom stereocenters. The Balaban J connectivity index is 1.95. The Hall–Kier alpha value is -1.58. The van der Waals surface area contributed by atoms with Gasteiger partial charge in [0.05, 0.1) is 10.7 Å². The molecule has 0 aliphatic heterocycles. The lowest BCUT2D eigenvalue weighted by molar-refractivity contribution is -0.138. The van der Waals surface area contributed by atoms with Gasteiger partial charge in [0.15, 0.2) is 4.34 Å². The van der Waals surface area contributed by atoms with E-state index in [-0.39, 0.29) is 6.03 Å². The molecule has 0 unspecified atom stereocenters. The van der Waals surface area contributed by atoms with E-state index in [1.807, 2.05) is 29.3 Å². The van der Waals surface area contributed by atoms with Crippen LogP contribution in [0.4, 0.5) is 9.80 Å². The molecule has 2 N–H and O–H groups in total. The zero-order valence-corrected chi connectivity index (χ0v) is 21.2. The van der Waals surface area contributed by atoms with Crippen molar-refractivity contribution in [2.45, 2.75) is 75.3 Å². The van der Waals surface area contributed by atoms with Gasteiger partial charge in [0, 0.05) is 29.8 Å². The largest absolute Gasteiger partial charge is 0.480 e. The number of aliphatic carboxylic acids is 1. The smallest absolute Gasteiger partial charge is 0.322 e. The molecule has 0 saturated carbocycles. The topological polar surface area (TPSA) is 82.5 Å². The summed E-state index contributed by atoms with van der Waals surface area (Å²) >= 11 is 4.29. The number of hydrogen-bond acceptors (Lipinski definition) is 6. The van der Waals surface area contributed by atoms with Gasteiger partial charge in [-0.25, -0.2) is 9.78 Å². The van der Waals surface area contributed by atoms with Crippen molar-refractivity contribution in [2.75, 3.05) is 18.4 Å². The number of anilines is 1. The van der Waals surface area contributed by atoms with E-state index in [4.69, 9.17) is 0 Å². The second kappa shape index (κ2) is 12.5. The van der Waals surface area contributed by atoms with Crippen molar-refractivity contribution < 1.29 is 14.7 Å². The summed E-state index contributed by atoms with van der Waals surface area (Å²) in [6.45, 7) is 8.88.